The van der Waals surface area contributed by atoms with Crippen molar-refractivity contribution in [3.05, 3.63) is 200 Å². The Balaban J connectivity index is 1.18. The van der Waals surface area contributed by atoms with Crippen molar-refractivity contribution in [3.63, 3.8) is 0 Å². The van der Waals surface area contributed by atoms with Crippen LogP contribution < -0.4 is 9.64 Å². The maximum atomic E-state index is 7.07. The Kier molecular flexibility index (Phi) is 7.18. The number of hydrogen-bond acceptors (Lipinski definition) is 2. The quantitative estimate of drug-likeness (QED) is 0.182. The molecule has 1 aliphatic rings. The normalized spacial score (nSPS) is 11.6. The van der Waals surface area contributed by atoms with E-state index < -0.39 is 0 Å². The van der Waals surface area contributed by atoms with Gasteiger partial charge in [0.1, 0.15) is 11.5 Å². The molecule has 2 nitrogen and oxygen atoms in total. The van der Waals surface area contributed by atoms with Crippen LogP contribution in [0.2, 0.25) is 0 Å². The Hall–Kier alpha value is -6.90. The van der Waals surface area contributed by atoms with E-state index in [1.165, 1.54) is 44.0 Å². The number of nitrogens with zero attached hydrogens (tertiary/aromatic N) is 1. The van der Waals surface area contributed by atoms with E-state index >= 15 is 0 Å². The summed E-state index contributed by atoms with van der Waals surface area (Å²) < 4.78 is 7.07. The molecule has 9 aromatic carbocycles. The summed E-state index contributed by atoms with van der Waals surface area (Å²) in [6.07, 6.45) is 0. The monoisotopic (exact) mass is 663 g/mol. The third-order valence-electron chi connectivity index (χ3n) is 10.2. The van der Waals surface area contributed by atoms with Gasteiger partial charge in [-0.05, 0) is 97.9 Å². The number of rotatable bonds is 5. The molecule has 0 atom stereocenters. The predicted molar refractivity (Wildman–Crippen MR) is 218 cm³/mol. The standard InChI is InChI=1S/C50H33NO/c1-3-12-34(13-4-1)36-22-25-41(26-23-36)51(42-27-24-35-14-7-8-17-38(35)30-42)43-28-29-45-46-21-11-20-44(37-15-5-2-6-16-37)50(46)47-31-39-18-9-10-19-40(39)32-48(47)52-49(45)33-43/h1-33H. The first kappa shape index (κ1) is 30.0. The van der Waals surface area contributed by atoms with Crippen molar-refractivity contribution in [2.75, 3.05) is 4.90 Å². The number of hydrogen-bond donors (Lipinski definition) is 0. The zero-order valence-corrected chi connectivity index (χ0v) is 28.4. The molecule has 0 fully saturated rings. The van der Waals surface area contributed by atoms with Crippen LogP contribution in [0.5, 0.6) is 11.5 Å². The van der Waals surface area contributed by atoms with Crippen LogP contribution in [0.3, 0.4) is 0 Å². The molecular formula is C50H33NO. The average molecular weight is 664 g/mol. The second-order valence-corrected chi connectivity index (χ2v) is 13.4. The van der Waals surface area contributed by atoms with Crippen molar-refractivity contribution in [1.29, 1.82) is 0 Å². The second-order valence-electron chi connectivity index (χ2n) is 13.4. The van der Waals surface area contributed by atoms with Crippen molar-refractivity contribution >= 4 is 38.6 Å². The van der Waals surface area contributed by atoms with Crippen LogP contribution >= 0.6 is 0 Å². The third kappa shape index (κ3) is 5.21. The summed E-state index contributed by atoms with van der Waals surface area (Å²) in [5.74, 6) is 1.67. The topological polar surface area (TPSA) is 12.5 Å². The molecule has 0 radical (unpaired) electrons. The van der Waals surface area contributed by atoms with Gasteiger partial charge in [0.2, 0.25) is 0 Å². The second kappa shape index (κ2) is 12.5. The lowest BCUT2D eigenvalue weighted by molar-refractivity contribution is 0.488. The summed E-state index contributed by atoms with van der Waals surface area (Å²) in [5, 5.41) is 4.74. The van der Waals surface area contributed by atoms with Gasteiger partial charge >= 0.3 is 0 Å². The Morgan fingerprint density at radius 3 is 1.58 bits per heavy atom. The molecule has 0 N–H and O–H groups in total. The molecule has 9 aromatic rings. The summed E-state index contributed by atoms with van der Waals surface area (Å²) in [7, 11) is 0. The average Bonchev–Trinajstić information content (AvgIpc) is 3.34. The predicted octanol–water partition coefficient (Wildman–Crippen LogP) is 14.2. The minimum atomic E-state index is 0.824. The first-order valence-electron chi connectivity index (χ1n) is 17.8. The zero-order chi connectivity index (χ0) is 34.4. The van der Waals surface area contributed by atoms with Crippen molar-refractivity contribution in [2.24, 2.45) is 0 Å². The Morgan fingerprint density at radius 2 is 0.827 bits per heavy atom. The molecule has 0 saturated carbocycles. The summed E-state index contributed by atoms with van der Waals surface area (Å²) in [6.45, 7) is 0. The highest BCUT2D eigenvalue weighted by Crippen LogP contribution is 2.52. The molecule has 0 bridgehead atoms. The first-order valence-corrected chi connectivity index (χ1v) is 17.8. The maximum absolute atomic E-state index is 7.07. The van der Waals surface area contributed by atoms with Crippen molar-refractivity contribution in [1.82, 2.24) is 0 Å². The lowest BCUT2D eigenvalue weighted by atomic mass is 9.87. The van der Waals surface area contributed by atoms with E-state index in [2.05, 4.69) is 205 Å². The molecule has 0 unspecified atom stereocenters. The van der Waals surface area contributed by atoms with E-state index in [1.54, 1.807) is 0 Å². The van der Waals surface area contributed by atoms with Gasteiger partial charge in [-0.2, -0.15) is 0 Å². The van der Waals surface area contributed by atoms with Gasteiger partial charge in [0, 0.05) is 39.8 Å². The van der Waals surface area contributed by atoms with E-state index in [9.17, 15) is 0 Å². The molecule has 52 heavy (non-hydrogen) atoms. The first-order chi connectivity index (χ1) is 25.8. The number of fused-ring (bicyclic) bond motifs is 7. The number of ether oxygens (including phenoxy) is 1. The van der Waals surface area contributed by atoms with Gasteiger partial charge in [0.05, 0.1) is 0 Å². The van der Waals surface area contributed by atoms with Crippen LogP contribution in [0.25, 0.3) is 66.1 Å². The van der Waals surface area contributed by atoms with Gasteiger partial charge in [0.25, 0.3) is 0 Å². The van der Waals surface area contributed by atoms with E-state index in [0.29, 0.717) is 0 Å². The molecule has 0 amide bonds. The van der Waals surface area contributed by atoms with Crippen molar-refractivity contribution in [2.45, 2.75) is 0 Å². The largest absolute Gasteiger partial charge is 0.456 e. The molecule has 0 aliphatic carbocycles. The highest BCUT2D eigenvalue weighted by Gasteiger charge is 2.26. The van der Waals surface area contributed by atoms with Crippen LogP contribution in [0.15, 0.2) is 200 Å². The lowest BCUT2D eigenvalue weighted by Gasteiger charge is -2.27. The van der Waals surface area contributed by atoms with Crippen molar-refractivity contribution in [3.8, 4) is 56.0 Å². The lowest BCUT2D eigenvalue weighted by Crippen LogP contribution is -2.10. The third-order valence-corrected chi connectivity index (χ3v) is 10.2. The highest BCUT2D eigenvalue weighted by molar-refractivity contribution is 6.03. The summed E-state index contributed by atoms with van der Waals surface area (Å²) in [4.78, 5) is 2.33. The van der Waals surface area contributed by atoms with Gasteiger partial charge in [-0.3, -0.25) is 0 Å². The molecule has 1 heterocycles. The van der Waals surface area contributed by atoms with Gasteiger partial charge in [-0.1, -0.05) is 146 Å². The van der Waals surface area contributed by atoms with E-state index in [4.69, 9.17) is 4.74 Å². The van der Waals surface area contributed by atoms with Gasteiger partial charge < -0.3 is 9.64 Å². The Morgan fingerprint density at radius 1 is 0.288 bits per heavy atom. The van der Waals surface area contributed by atoms with Crippen LogP contribution in [-0.2, 0) is 0 Å². The van der Waals surface area contributed by atoms with Gasteiger partial charge in [-0.25, -0.2) is 0 Å². The molecule has 0 saturated heterocycles. The number of benzene rings is 9. The minimum Gasteiger partial charge on any atom is -0.456 e. The summed E-state index contributed by atoms with van der Waals surface area (Å²) in [6, 6.07) is 71.6. The fourth-order valence-corrected chi connectivity index (χ4v) is 7.70. The molecule has 1 aliphatic heterocycles. The SMILES string of the molecule is c1ccc(-c2ccc(N(c3ccc4c(c3)Oc3cc5ccccc5cc3-c3c(-c5ccccc5)cccc3-4)c3ccc4ccccc4c3)cc2)cc1. The smallest absolute Gasteiger partial charge is 0.137 e. The van der Waals surface area contributed by atoms with Gasteiger partial charge in [-0.15, -0.1) is 0 Å². The summed E-state index contributed by atoms with van der Waals surface area (Å²) in [5.41, 5.74) is 12.4. The Bertz CT molecular complexity index is 2750. The molecule has 0 spiro atoms. The van der Waals surface area contributed by atoms with E-state index in [-0.39, 0.29) is 0 Å². The van der Waals surface area contributed by atoms with Crippen LogP contribution in [0.1, 0.15) is 0 Å². The van der Waals surface area contributed by atoms with Crippen LogP contribution in [-0.4, -0.2) is 0 Å². The Labute approximate surface area is 303 Å². The number of anilines is 3. The maximum Gasteiger partial charge on any atom is 0.137 e. The highest BCUT2D eigenvalue weighted by atomic mass is 16.5. The van der Waals surface area contributed by atoms with Gasteiger partial charge in [0.15, 0.2) is 0 Å². The van der Waals surface area contributed by atoms with Crippen LogP contribution in [0.4, 0.5) is 17.1 Å². The minimum absolute atomic E-state index is 0.824. The molecule has 10 rings (SSSR count). The molecule has 244 valence electrons. The van der Waals surface area contributed by atoms with E-state index in [0.717, 1.165) is 50.6 Å². The fourth-order valence-electron chi connectivity index (χ4n) is 7.70. The molecular weight excluding hydrogens is 631 g/mol. The molecule has 0 aromatic heterocycles. The fraction of sp³-hybridized carbons (Fsp3) is 0. The van der Waals surface area contributed by atoms with Crippen molar-refractivity contribution < 1.29 is 4.74 Å². The zero-order valence-electron chi connectivity index (χ0n) is 28.4. The van der Waals surface area contributed by atoms with Crippen LogP contribution in [0, 0.1) is 0 Å². The molecule has 2 heteroatoms. The summed E-state index contributed by atoms with van der Waals surface area (Å²) >= 11 is 0. The van der Waals surface area contributed by atoms with E-state index in [1.807, 2.05) is 0 Å².